The number of nitrogens with zero attached hydrogens (tertiary/aromatic N) is 5. The molecule has 2 aliphatic carbocycles. The van der Waals surface area contributed by atoms with Gasteiger partial charge in [-0.25, -0.2) is 18.4 Å². The van der Waals surface area contributed by atoms with Gasteiger partial charge in [-0.2, -0.15) is 0 Å². The number of benzene rings is 2. The van der Waals surface area contributed by atoms with Gasteiger partial charge >= 0.3 is 11.5 Å². The number of aromatic nitrogens is 2. The lowest BCUT2D eigenvalue weighted by Gasteiger charge is -2.35. The Morgan fingerprint density at radius 2 is 1.14 bits per heavy atom. The highest BCUT2D eigenvalue weighted by molar-refractivity contribution is 6.61. The van der Waals surface area contributed by atoms with Crippen LogP contribution in [0, 0.1) is 11.6 Å². The third-order valence-electron chi connectivity index (χ3n) is 9.54. The molecule has 2 aliphatic heterocycles. The molecule has 4 fully saturated rings. The van der Waals surface area contributed by atoms with Crippen molar-refractivity contribution in [3.8, 4) is 0 Å². The number of ether oxygens (including phenoxy) is 2. The maximum absolute atomic E-state index is 14.7. The highest BCUT2D eigenvalue weighted by Crippen LogP contribution is 2.39. The van der Waals surface area contributed by atoms with E-state index in [-0.39, 0.29) is 22.8 Å². The fraction of sp³-hybridized carbons (Fsp3) is 0.444. The van der Waals surface area contributed by atoms with Gasteiger partial charge in [-0.15, -0.1) is 0 Å². The average molecular weight is 727 g/mol. The molecule has 4 heterocycles. The summed E-state index contributed by atoms with van der Waals surface area (Å²) in [6.45, 7) is 5.33. The van der Waals surface area contributed by atoms with E-state index in [9.17, 15) is 28.0 Å². The Labute approximate surface area is 298 Å². The maximum atomic E-state index is 14.7. The van der Waals surface area contributed by atoms with E-state index >= 15 is 0 Å². The van der Waals surface area contributed by atoms with Crippen molar-refractivity contribution in [2.24, 2.45) is 0 Å². The van der Waals surface area contributed by atoms with Gasteiger partial charge in [0.25, 0.3) is 0 Å². The molecule has 0 bridgehead atoms. The van der Waals surface area contributed by atoms with Crippen molar-refractivity contribution in [2.75, 3.05) is 76.4 Å². The fourth-order valence-electron chi connectivity index (χ4n) is 6.55. The van der Waals surface area contributed by atoms with Crippen LogP contribution in [0.5, 0.6) is 0 Å². The van der Waals surface area contributed by atoms with Crippen molar-refractivity contribution >= 4 is 56.3 Å². The number of hydrogen-bond donors (Lipinski definition) is 1. The first-order valence-electron chi connectivity index (χ1n) is 17.0. The number of pyridine rings is 2. The molecule has 12 nitrogen and oxygen atoms in total. The van der Waals surface area contributed by atoms with E-state index in [1.54, 1.807) is 23.2 Å². The number of nitrogens with one attached hydrogen (secondary N) is 1. The average Bonchev–Trinajstić information content (AvgIpc) is 4.08. The van der Waals surface area contributed by atoms with Gasteiger partial charge in [-0.1, -0.05) is 0 Å². The molecule has 1 N–H and O–H groups in total. The summed E-state index contributed by atoms with van der Waals surface area (Å²) >= 11 is 4.60. The first-order chi connectivity index (χ1) is 24.6. The molecule has 8 rings (SSSR count). The Bertz CT molecular complexity index is 2040. The number of carbonyl (C=O) groups excluding carboxylic acids is 2. The van der Waals surface area contributed by atoms with E-state index in [0.717, 1.165) is 62.9 Å². The van der Waals surface area contributed by atoms with Crippen LogP contribution in [0.25, 0.3) is 21.8 Å². The van der Waals surface area contributed by atoms with Crippen molar-refractivity contribution in [1.82, 2.24) is 19.4 Å². The summed E-state index contributed by atoms with van der Waals surface area (Å²) in [6.07, 6.45) is 7.74. The Morgan fingerprint density at radius 1 is 0.706 bits per heavy atom. The highest BCUT2D eigenvalue weighted by atomic mass is 35.5. The van der Waals surface area contributed by atoms with Gasteiger partial charge in [0, 0.05) is 111 Å². The van der Waals surface area contributed by atoms with Crippen LogP contribution in [0.1, 0.15) is 37.8 Å². The molecule has 15 heteroatoms. The summed E-state index contributed by atoms with van der Waals surface area (Å²) in [5.74, 6) is -0.695. The molecular weight excluding hydrogens is 686 g/mol. The third-order valence-corrected chi connectivity index (χ3v) is 9.70. The van der Waals surface area contributed by atoms with E-state index < -0.39 is 11.2 Å². The number of rotatable bonds is 4. The van der Waals surface area contributed by atoms with Gasteiger partial charge < -0.3 is 38.6 Å². The van der Waals surface area contributed by atoms with Crippen molar-refractivity contribution < 1.29 is 27.8 Å². The number of halogens is 3. The van der Waals surface area contributed by atoms with Crippen LogP contribution in [-0.4, -0.2) is 92.1 Å². The monoisotopic (exact) mass is 726 g/mol. The minimum Gasteiger partial charge on any atom is -0.457 e. The normalized spacial score (nSPS) is 17.3. The van der Waals surface area contributed by atoms with E-state index in [4.69, 9.17) is 4.74 Å². The van der Waals surface area contributed by atoms with Gasteiger partial charge in [0.15, 0.2) is 10.9 Å². The predicted molar refractivity (Wildman–Crippen MR) is 192 cm³/mol. The van der Waals surface area contributed by atoms with Gasteiger partial charge in [0.2, 0.25) is 0 Å². The first kappa shape index (κ1) is 36.1. The van der Waals surface area contributed by atoms with Crippen LogP contribution in [-0.2, 0) is 9.47 Å². The zero-order chi connectivity index (χ0) is 36.2. The van der Waals surface area contributed by atoms with E-state index in [1.165, 1.54) is 32.4 Å². The molecule has 51 heavy (non-hydrogen) atoms. The number of fused-ring (bicyclic) bond motifs is 2. The van der Waals surface area contributed by atoms with Gasteiger partial charge in [0.05, 0.1) is 36.6 Å². The second-order valence-electron chi connectivity index (χ2n) is 12.9. The SMILES string of the molecule is COC(=O)Cl.COC(=O)N1CCN(c2cc3c(cc2F)c(=O)ccn3C2CC2)CC1.O=c1ccn(C2CC2)c2cc(N3CCNCC3)c(F)cc12. The number of piperazine rings is 2. The predicted octanol–water partition coefficient (Wildman–Crippen LogP) is 5.24. The number of hydrogen-bond acceptors (Lipinski definition) is 9. The second kappa shape index (κ2) is 15.7. The van der Waals surface area contributed by atoms with Crippen LogP contribution in [0.3, 0.4) is 0 Å². The molecule has 0 atom stereocenters. The van der Waals surface area contributed by atoms with Crippen LogP contribution in [0.15, 0.2) is 58.4 Å². The van der Waals surface area contributed by atoms with Gasteiger partial charge in [-0.05, 0) is 49.9 Å². The molecule has 4 aromatic rings. The largest absolute Gasteiger partial charge is 0.457 e. The lowest BCUT2D eigenvalue weighted by atomic mass is 10.1. The smallest absolute Gasteiger partial charge is 0.409 e. The van der Waals surface area contributed by atoms with Gasteiger partial charge in [0.1, 0.15) is 11.6 Å². The van der Waals surface area contributed by atoms with Crippen molar-refractivity contribution in [1.29, 1.82) is 0 Å². The van der Waals surface area contributed by atoms with Crippen molar-refractivity contribution in [2.45, 2.75) is 37.8 Å². The zero-order valence-electron chi connectivity index (χ0n) is 28.6. The van der Waals surface area contributed by atoms with E-state index in [2.05, 4.69) is 35.7 Å². The quantitative estimate of drug-likeness (QED) is 0.282. The Morgan fingerprint density at radius 3 is 1.53 bits per heavy atom. The lowest BCUT2D eigenvalue weighted by molar-refractivity contribution is 0.121. The molecule has 2 aromatic carbocycles. The molecule has 0 unspecified atom stereocenters. The molecule has 272 valence electrons. The number of anilines is 2. The fourth-order valence-corrected chi connectivity index (χ4v) is 6.55. The number of methoxy groups -OCH3 is 2. The standard InChI is InChI=1S/C18H20FN3O3.C16H18FN3O.C2H3ClO2/c1-25-18(24)21-8-6-20(7-9-21)16-11-15-13(10-14(16)19)17(23)4-5-22(15)12-2-3-12;17-13-9-12-14(10-15(13)19-7-4-18-5-8-19)20(11-1-2-11)6-3-16(12)21;1-5-2(3)4/h4-5,10-12H,2-3,6-9H2,1H3;3,6,9-11,18H,1-2,4-5,7-8H2;1H3. The summed E-state index contributed by atoms with van der Waals surface area (Å²) in [4.78, 5) is 50.6. The second-order valence-corrected chi connectivity index (χ2v) is 13.2. The molecule has 2 aromatic heterocycles. The summed E-state index contributed by atoms with van der Waals surface area (Å²) in [5.41, 5.74) is 1.70. The molecule has 1 amide bonds. The first-order valence-corrected chi connectivity index (χ1v) is 17.4. The van der Waals surface area contributed by atoms with Crippen LogP contribution in [0.4, 0.5) is 29.7 Å². The Balaban J connectivity index is 0.000000157. The van der Waals surface area contributed by atoms with Crippen molar-refractivity contribution in [3.05, 3.63) is 80.9 Å². The minimum absolute atomic E-state index is 0.104. The maximum Gasteiger partial charge on any atom is 0.409 e. The van der Waals surface area contributed by atoms with Crippen molar-refractivity contribution in [3.63, 3.8) is 0 Å². The summed E-state index contributed by atoms with van der Waals surface area (Å²) in [7, 11) is 2.57. The molecule has 2 saturated carbocycles. The highest BCUT2D eigenvalue weighted by Gasteiger charge is 2.28. The molecular formula is C36H41ClF2N6O6. The molecule has 2 saturated heterocycles. The van der Waals surface area contributed by atoms with Crippen LogP contribution < -0.4 is 26.0 Å². The lowest BCUT2D eigenvalue weighted by Crippen LogP contribution is -2.49. The number of amides is 1. The number of carbonyl (C=O) groups is 2. The van der Waals surface area contributed by atoms with Gasteiger partial charge in [-0.3, -0.25) is 9.59 Å². The summed E-state index contributed by atoms with van der Waals surface area (Å²) in [6, 6.07) is 10.3. The summed E-state index contributed by atoms with van der Waals surface area (Å²) in [5, 5.41) is 4.18. The van der Waals surface area contributed by atoms with E-state index in [1.807, 2.05) is 17.2 Å². The Hall–Kier alpha value is -4.69. The molecule has 4 aliphatic rings. The summed E-state index contributed by atoms with van der Waals surface area (Å²) < 4.78 is 41.9. The van der Waals surface area contributed by atoms with Crippen LogP contribution >= 0.6 is 11.6 Å². The Kier molecular flexibility index (Phi) is 11.1. The van der Waals surface area contributed by atoms with Crippen LogP contribution in [0.2, 0.25) is 0 Å². The third kappa shape index (κ3) is 8.28. The molecule has 0 radical (unpaired) electrons. The minimum atomic E-state index is -0.773. The van der Waals surface area contributed by atoms with E-state index in [0.29, 0.717) is 60.4 Å². The molecule has 0 spiro atoms. The zero-order valence-corrected chi connectivity index (χ0v) is 29.3. The topological polar surface area (TPSA) is 118 Å².